The molecule has 2 aliphatic rings. The molecule has 1 unspecified atom stereocenters. The van der Waals surface area contributed by atoms with Crippen LogP contribution in [0.15, 0.2) is 48.5 Å². The van der Waals surface area contributed by atoms with E-state index in [1.807, 2.05) is 36.4 Å². The predicted octanol–water partition coefficient (Wildman–Crippen LogP) is 1.87. The number of thioether (sulfide) groups is 1. The van der Waals surface area contributed by atoms with E-state index in [0.717, 1.165) is 16.9 Å². The number of carbonyl (C=O) groups excluding carboxylic acids is 3. The maximum absolute atomic E-state index is 12.6. The smallest absolute Gasteiger partial charge is 0.251 e. The van der Waals surface area contributed by atoms with Crippen molar-refractivity contribution >= 4 is 29.5 Å². The topological polar surface area (TPSA) is 79.0 Å². The third kappa shape index (κ3) is 4.28. The first kappa shape index (κ1) is 20.3. The van der Waals surface area contributed by atoms with Gasteiger partial charge < -0.3 is 19.9 Å². The van der Waals surface area contributed by atoms with Gasteiger partial charge in [0, 0.05) is 24.4 Å². The molecule has 2 fully saturated rings. The lowest BCUT2D eigenvalue weighted by molar-refractivity contribution is -0.153. The fourth-order valence-electron chi connectivity index (χ4n) is 3.58. The van der Waals surface area contributed by atoms with Crippen molar-refractivity contribution in [2.24, 2.45) is 0 Å². The second-order valence-corrected chi connectivity index (χ2v) is 8.30. The fourth-order valence-corrected chi connectivity index (χ4v) is 4.75. The van der Waals surface area contributed by atoms with Gasteiger partial charge in [-0.1, -0.05) is 24.3 Å². The van der Waals surface area contributed by atoms with E-state index in [4.69, 9.17) is 4.74 Å². The van der Waals surface area contributed by atoms with Gasteiger partial charge in [0.15, 0.2) is 0 Å². The summed E-state index contributed by atoms with van der Waals surface area (Å²) in [5.41, 5.74) is 2.42. The van der Waals surface area contributed by atoms with Gasteiger partial charge >= 0.3 is 0 Å². The monoisotopic (exact) mass is 425 g/mol. The minimum atomic E-state index is -0.334. The summed E-state index contributed by atoms with van der Waals surface area (Å²) in [6.45, 7) is 0.901. The molecule has 1 N–H and O–H groups in total. The minimum absolute atomic E-state index is 0.000806. The SMILES string of the molecule is COc1ccc(CNC(=O)c2ccc(CN3CC(=O)N4CSCC4C3=O)cc2)cc1. The van der Waals surface area contributed by atoms with Crippen LogP contribution in [0.4, 0.5) is 0 Å². The number of amides is 3. The molecule has 156 valence electrons. The van der Waals surface area contributed by atoms with Crippen molar-refractivity contribution in [2.75, 3.05) is 25.3 Å². The zero-order valence-electron chi connectivity index (χ0n) is 16.7. The molecule has 4 rings (SSSR count). The molecule has 3 amide bonds. The summed E-state index contributed by atoms with van der Waals surface area (Å²) in [6.07, 6.45) is 0. The molecule has 8 heteroatoms. The Balaban J connectivity index is 1.33. The van der Waals surface area contributed by atoms with Crippen LogP contribution in [0.1, 0.15) is 21.5 Å². The molecule has 2 aromatic rings. The number of methoxy groups -OCH3 is 1. The van der Waals surface area contributed by atoms with Crippen molar-refractivity contribution in [1.82, 2.24) is 15.1 Å². The number of carbonyl (C=O) groups is 3. The number of piperazine rings is 1. The fraction of sp³-hybridized carbons (Fsp3) is 0.318. The molecule has 2 heterocycles. The highest BCUT2D eigenvalue weighted by molar-refractivity contribution is 7.99. The molecule has 0 aliphatic carbocycles. The average Bonchev–Trinajstić information content (AvgIpc) is 3.27. The van der Waals surface area contributed by atoms with Gasteiger partial charge in [-0.2, -0.15) is 0 Å². The maximum Gasteiger partial charge on any atom is 0.251 e. The molecule has 7 nitrogen and oxygen atoms in total. The van der Waals surface area contributed by atoms with E-state index >= 15 is 0 Å². The average molecular weight is 426 g/mol. The normalized spacial score (nSPS) is 18.4. The van der Waals surface area contributed by atoms with Crippen LogP contribution in [0.3, 0.4) is 0 Å². The molecular formula is C22H23N3O4S. The Labute approximate surface area is 179 Å². The number of nitrogens with one attached hydrogen (secondary N) is 1. The van der Waals surface area contributed by atoms with Crippen molar-refractivity contribution < 1.29 is 19.1 Å². The Morgan fingerprint density at radius 3 is 2.50 bits per heavy atom. The molecule has 1 atom stereocenters. The van der Waals surface area contributed by atoms with Crippen molar-refractivity contribution in [2.45, 2.75) is 19.1 Å². The first-order valence-corrected chi connectivity index (χ1v) is 10.9. The van der Waals surface area contributed by atoms with Crippen LogP contribution in [-0.4, -0.2) is 58.8 Å². The lowest BCUT2D eigenvalue weighted by Gasteiger charge is -2.35. The van der Waals surface area contributed by atoms with Crippen molar-refractivity contribution in [3.63, 3.8) is 0 Å². The summed E-state index contributed by atoms with van der Waals surface area (Å²) in [5.74, 6) is 1.87. The van der Waals surface area contributed by atoms with Crippen molar-refractivity contribution in [1.29, 1.82) is 0 Å². The number of fused-ring (bicyclic) bond motifs is 1. The van der Waals surface area contributed by atoms with E-state index in [1.165, 1.54) is 0 Å². The molecule has 30 heavy (non-hydrogen) atoms. The molecule has 0 bridgehead atoms. The van der Waals surface area contributed by atoms with Gasteiger partial charge in [-0.05, 0) is 35.4 Å². The third-order valence-electron chi connectivity index (χ3n) is 5.33. The van der Waals surface area contributed by atoms with Gasteiger partial charge in [-0.3, -0.25) is 14.4 Å². The van der Waals surface area contributed by atoms with Gasteiger partial charge in [-0.25, -0.2) is 0 Å². The van der Waals surface area contributed by atoms with Crippen molar-refractivity contribution in [3.8, 4) is 5.75 Å². The number of ether oxygens (including phenoxy) is 1. The summed E-state index contributed by atoms with van der Waals surface area (Å²) in [4.78, 5) is 40.6. The Hall–Kier alpha value is -3.00. The Morgan fingerprint density at radius 2 is 1.80 bits per heavy atom. The second kappa shape index (κ2) is 8.79. The van der Waals surface area contributed by atoms with Crippen LogP contribution in [-0.2, 0) is 22.7 Å². The Morgan fingerprint density at radius 1 is 1.10 bits per heavy atom. The summed E-state index contributed by atoms with van der Waals surface area (Å²) in [6, 6.07) is 14.3. The van der Waals surface area contributed by atoms with E-state index in [2.05, 4.69) is 5.32 Å². The molecule has 0 aromatic heterocycles. The van der Waals surface area contributed by atoms with Gasteiger partial charge in [0.1, 0.15) is 18.3 Å². The largest absolute Gasteiger partial charge is 0.497 e. The van der Waals surface area contributed by atoms with Gasteiger partial charge in [0.25, 0.3) is 5.91 Å². The minimum Gasteiger partial charge on any atom is -0.497 e. The summed E-state index contributed by atoms with van der Waals surface area (Å²) in [7, 11) is 1.61. The van der Waals surface area contributed by atoms with Crippen LogP contribution >= 0.6 is 11.8 Å². The molecule has 0 radical (unpaired) electrons. The lowest BCUT2D eigenvalue weighted by Crippen LogP contribution is -2.57. The highest BCUT2D eigenvalue weighted by atomic mass is 32.2. The van der Waals surface area contributed by atoms with Gasteiger partial charge in [0.05, 0.1) is 13.0 Å². The highest BCUT2D eigenvalue weighted by Gasteiger charge is 2.42. The number of nitrogens with zero attached hydrogens (tertiary/aromatic N) is 2. The summed E-state index contributed by atoms with van der Waals surface area (Å²) >= 11 is 1.61. The summed E-state index contributed by atoms with van der Waals surface area (Å²) < 4.78 is 5.13. The van der Waals surface area contributed by atoms with E-state index in [0.29, 0.717) is 30.3 Å². The number of rotatable bonds is 6. The van der Waals surface area contributed by atoms with E-state index < -0.39 is 0 Å². The number of hydrogen-bond acceptors (Lipinski definition) is 5. The zero-order chi connectivity index (χ0) is 21.1. The molecule has 2 aromatic carbocycles. The second-order valence-electron chi connectivity index (χ2n) is 7.30. The first-order valence-electron chi connectivity index (χ1n) is 9.71. The summed E-state index contributed by atoms with van der Waals surface area (Å²) in [5, 5.41) is 2.89. The van der Waals surface area contributed by atoms with Gasteiger partial charge in [-0.15, -0.1) is 11.8 Å². The number of hydrogen-bond donors (Lipinski definition) is 1. The van der Waals surface area contributed by atoms with Crippen LogP contribution in [0.5, 0.6) is 5.75 Å². The van der Waals surface area contributed by atoms with E-state index in [9.17, 15) is 14.4 Å². The molecule has 0 saturated carbocycles. The van der Waals surface area contributed by atoms with Crippen LogP contribution < -0.4 is 10.1 Å². The third-order valence-corrected chi connectivity index (χ3v) is 6.34. The standard InChI is InChI=1S/C22H23N3O4S/c1-29-18-8-4-15(5-9-18)10-23-21(27)17-6-2-16(3-7-17)11-24-12-20(26)25-14-30-13-19(25)22(24)28/h2-9,19H,10-14H2,1H3,(H,23,27). The predicted molar refractivity (Wildman–Crippen MR) is 114 cm³/mol. The van der Waals surface area contributed by atoms with Crippen LogP contribution in [0, 0.1) is 0 Å². The van der Waals surface area contributed by atoms with Crippen LogP contribution in [0.25, 0.3) is 0 Å². The molecule has 2 saturated heterocycles. The Kier molecular flexibility index (Phi) is 5.94. The quantitative estimate of drug-likeness (QED) is 0.765. The van der Waals surface area contributed by atoms with Crippen molar-refractivity contribution in [3.05, 3.63) is 65.2 Å². The lowest BCUT2D eigenvalue weighted by atomic mass is 10.1. The molecule has 2 aliphatic heterocycles. The first-order chi connectivity index (χ1) is 14.5. The maximum atomic E-state index is 12.6. The molecule has 0 spiro atoms. The number of benzene rings is 2. The van der Waals surface area contributed by atoms with Gasteiger partial charge in [0.2, 0.25) is 11.8 Å². The van der Waals surface area contributed by atoms with Crippen LogP contribution in [0.2, 0.25) is 0 Å². The van der Waals surface area contributed by atoms with E-state index in [1.54, 1.807) is 40.8 Å². The zero-order valence-corrected chi connectivity index (χ0v) is 17.5. The Bertz CT molecular complexity index is 946. The molecular weight excluding hydrogens is 402 g/mol. The van der Waals surface area contributed by atoms with E-state index in [-0.39, 0.29) is 30.3 Å². The highest BCUT2D eigenvalue weighted by Crippen LogP contribution is 2.26.